The van der Waals surface area contributed by atoms with Crippen LogP contribution in [0.15, 0.2) is 30.5 Å². The van der Waals surface area contributed by atoms with Gasteiger partial charge in [0.1, 0.15) is 17.2 Å². The maximum Gasteiger partial charge on any atom is 0.418 e. The first kappa shape index (κ1) is 17.4. The molecule has 0 N–H and O–H groups in total. The van der Waals surface area contributed by atoms with E-state index in [1.165, 1.54) is 24.0 Å². The minimum atomic E-state index is -4.57. The minimum Gasteiger partial charge on any atom is -0.275 e. The Morgan fingerprint density at radius 1 is 1.04 bits per heavy atom. The fourth-order valence-electron chi connectivity index (χ4n) is 2.99. The number of nitrogens with zero attached hydrogens (tertiary/aromatic N) is 2. The molecular formula is C18H15F5N2. The second kappa shape index (κ2) is 5.82. The molecule has 1 heterocycles. The number of benzene rings is 2. The predicted molar refractivity (Wildman–Crippen MR) is 85.2 cm³/mol. The van der Waals surface area contributed by atoms with Gasteiger partial charge in [0.25, 0.3) is 0 Å². The van der Waals surface area contributed by atoms with Crippen LogP contribution in [-0.4, -0.2) is 9.78 Å². The second-order valence-electron chi connectivity index (χ2n) is 6.23. The van der Waals surface area contributed by atoms with Gasteiger partial charge in [-0.15, -0.1) is 0 Å². The van der Waals surface area contributed by atoms with Crippen LogP contribution in [0.2, 0.25) is 0 Å². The molecule has 0 aliphatic heterocycles. The molecule has 0 radical (unpaired) electrons. The highest BCUT2D eigenvalue weighted by Gasteiger charge is 2.34. The zero-order valence-corrected chi connectivity index (χ0v) is 13.7. The van der Waals surface area contributed by atoms with E-state index in [2.05, 4.69) is 5.10 Å². The third-order valence-corrected chi connectivity index (χ3v) is 4.06. The van der Waals surface area contributed by atoms with Crippen molar-refractivity contribution in [1.29, 1.82) is 0 Å². The maximum absolute atomic E-state index is 14.3. The van der Waals surface area contributed by atoms with Crippen LogP contribution < -0.4 is 0 Å². The first-order valence-corrected chi connectivity index (χ1v) is 7.62. The molecule has 0 atom stereocenters. The molecule has 0 spiro atoms. The molecule has 25 heavy (non-hydrogen) atoms. The van der Waals surface area contributed by atoms with Gasteiger partial charge in [-0.05, 0) is 35.2 Å². The Bertz CT molecular complexity index is 931. The Labute approximate surface area is 140 Å². The summed E-state index contributed by atoms with van der Waals surface area (Å²) in [6.45, 7) is 3.33. The number of halogens is 5. The quantitative estimate of drug-likeness (QED) is 0.543. The molecular weight excluding hydrogens is 339 g/mol. The normalized spacial score (nSPS) is 12.4. The lowest BCUT2D eigenvalue weighted by molar-refractivity contribution is -0.136. The topological polar surface area (TPSA) is 17.8 Å². The first-order valence-electron chi connectivity index (χ1n) is 7.62. The summed E-state index contributed by atoms with van der Waals surface area (Å²) in [5, 5.41) is 4.05. The fraction of sp³-hybridized carbons (Fsp3) is 0.278. The Morgan fingerprint density at radius 3 is 2.16 bits per heavy atom. The molecule has 7 heteroatoms. The van der Waals surface area contributed by atoms with Crippen LogP contribution in [0.1, 0.15) is 30.9 Å². The molecule has 132 valence electrons. The lowest BCUT2D eigenvalue weighted by Gasteiger charge is -2.13. The van der Waals surface area contributed by atoms with E-state index in [0.29, 0.717) is 5.56 Å². The summed E-state index contributed by atoms with van der Waals surface area (Å²) in [6.07, 6.45) is -3.16. The lowest BCUT2D eigenvalue weighted by atomic mass is 9.95. The van der Waals surface area contributed by atoms with E-state index < -0.39 is 23.4 Å². The van der Waals surface area contributed by atoms with E-state index in [9.17, 15) is 22.0 Å². The van der Waals surface area contributed by atoms with Crippen molar-refractivity contribution in [2.45, 2.75) is 25.9 Å². The number of hydrogen-bond acceptors (Lipinski definition) is 1. The van der Waals surface area contributed by atoms with Crippen LogP contribution in [0.4, 0.5) is 22.0 Å². The summed E-state index contributed by atoms with van der Waals surface area (Å²) >= 11 is 0. The number of alkyl halides is 3. The SMILES string of the molecule is CC(C)c1c(F)cc(-c2ccc(C(F)(F)F)c3nn(C)cc23)cc1F. The number of rotatable bonds is 2. The molecule has 0 saturated carbocycles. The Kier molecular flexibility index (Phi) is 4.05. The summed E-state index contributed by atoms with van der Waals surface area (Å²) in [7, 11) is 1.49. The van der Waals surface area contributed by atoms with Crippen LogP contribution in [0, 0.1) is 11.6 Å². The van der Waals surface area contributed by atoms with Crippen LogP contribution in [-0.2, 0) is 13.2 Å². The van der Waals surface area contributed by atoms with E-state index in [1.807, 2.05) is 0 Å². The van der Waals surface area contributed by atoms with Crippen LogP contribution >= 0.6 is 0 Å². The van der Waals surface area contributed by atoms with Gasteiger partial charge in [0.2, 0.25) is 0 Å². The highest BCUT2D eigenvalue weighted by molar-refractivity contribution is 5.96. The Hall–Kier alpha value is -2.44. The molecule has 0 amide bonds. The minimum absolute atomic E-state index is 0.0434. The molecule has 0 unspecified atom stereocenters. The number of hydrogen-bond donors (Lipinski definition) is 0. The molecule has 0 aliphatic rings. The van der Waals surface area contributed by atoms with Crippen LogP contribution in [0.5, 0.6) is 0 Å². The first-order chi connectivity index (χ1) is 11.6. The third-order valence-electron chi connectivity index (χ3n) is 4.06. The molecule has 0 bridgehead atoms. The van der Waals surface area contributed by atoms with Crippen molar-refractivity contribution in [2.75, 3.05) is 0 Å². The Balaban J connectivity index is 2.28. The molecule has 2 aromatic carbocycles. The van der Waals surface area contributed by atoms with Gasteiger partial charge in [0.05, 0.1) is 5.56 Å². The largest absolute Gasteiger partial charge is 0.418 e. The summed E-state index contributed by atoms with van der Waals surface area (Å²) in [5.41, 5.74) is -0.707. The molecule has 3 aromatic rings. The van der Waals surface area contributed by atoms with Gasteiger partial charge in [0.15, 0.2) is 0 Å². The predicted octanol–water partition coefficient (Wildman–Crippen LogP) is 5.66. The average molecular weight is 354 g/mol. The third kappa shape index (κ3) is 2.99. The van der Waals surface area contributed by atoms with Crippen LogP contribution in [0.25, 0.3) is 22.0 Å². The van der Waals surface area contributed by atoms with Crippen molar-refractivity contribution in [3.63, 3.8) is 0 Å². The summed E-state index contributed by atoms with van der Waals surface area (Å²) in [5.74, 6) is -1.79. The van der Waals surface area contributed by atoms with E-state index in [0.717, 1.165) is 18.2 Å². The van der Waals surface area contributed by atoms with Crippen molar-refractivity contribution in [3.05, 3.63) is 53.2 Å². The van der Waals surface area contributed by atoms with Gasteiger partial charge in [-0.1, -0.05) is 19.9 Å². The van der Waals surface area contributed by atoms with Gasteiger partial charge in [-0.25, -0.2) is 8.78 Å². The summed E-state index contributed by atoms with van der Waals surface area (Å²) in [6, 6.07) is 4.40. The van der Waals surface area contributed by atoms with Gasteiger partial charge in [-0.3, -0.25) is 4.68 Å². The van der Waals surface area contributed by atoms with Crippen molar-refractivity contribution < 1.29 is 22.0 Å². The standard InChI is InChI=1S/C18H15F5N2/c1-9(2)16-14(19)6-10(7-15(16)20)11-4-5-13(18(21,22)23)17-12(11)8-25(3)24-17/h4-9H,1-3H3. The summed E-state index contributed by atoms with van der Waals surface area (Å²) in [4.78, 5) is 0. The van der Waals surface area contributed by atoms with Gasteiger partial charge >= 0.3 is 6.18 Å². The van der Waals surface area contributed by atoms with Gasteiger partial charge in [0, 0.05) is 24.2 Å². The van der Waals surface area contributed by atoms with Crippen LogP contribution in [0.3, 0.4) is 0 Å². The summed E-state index contributed by atoms with van der Waals surface area (Å²) < 4.78 is 69.3. The van der Waals surface area contributed by atoms with E-state index in [-0.39, 0.29) is 27.9 Å². The monoisotopic (exact) mass is 354 g/mol. The maximum atomic E-state index is 14.3. The fourth-order valence-corrected chi connectivity index (χ4v) is 2.99. The van der Waals surface area contributed by atoms with Crippen molar-refractivity contribution >= 4 is 10.9 Å². The molecule has 0 aliphatic carbocycles. The second-order valence-corrected chi connectivity index (χ2v) is 6.23. The molecule has 1 aromatic heterocycles. The lowest BCUT2D eigenvalue weighted by Crippen LogP contribution is -2.06. The zero-order chi connectivity index (χ0) is 18.5. The highest BCUT2D eigenvalue weighted by Crippen LogP contribution is 2.39. The molecule has 0 saturated heterocycles. The Morgan fingerprint density at radius 2 is 1.64 bits per heavy atom. The average Bonchev–Trinajstić information content (AvgIpc) is 2.84. The van der Waals surface area contributed by atoms with E-state index in [1.54, 1.807) is 13.8 Å². The van der Waals surface area contributed by atoms with Crippen molar-refractivity contribution in [1.82, 2.24) is 9.78 Å². The molecule has 2 nitrogen and oxygen atoms in total. The molecule has 0 fully saturated rings. The van der Waals surface area contributed by atoms with Crippen molar-refractivity contribution in [3.8, 4) is 11.1 Å². The highest BCUT2D eigenvalue weighted by atomic mass is 19.4. The number of aromatic nitrogens is 2. The number of fused-ring (bicyclic) bond motifs is 1. The molecule has 3 rings (SSSR count). The van der Waals surface area contributed by atoms with E-state index in [4.69, 9.17) is 0 Å². The van der Waals surface area contributed by atoms with E-state index >= 15 is 0 Å². The van der Waals surface area contributed by atoms with Gasteiger partial charge < -0.3 is 0 Å². The van der Waals surface area contributed by atoms with Crippen molar-refractivity contribution in [2.24, 2.45) is 7.05 Å². The zero-order valence-electron chi connectivity index (χ0n) is 13.7. The number of aryl methyl sites for hydroxylation is 1. The van der Waals surface area contributed by atoms with Gasteiger partial charge in [-0.2, -0.15) is 18.3 Å². The smallest absolute Gasteiger partial charge is 0.275 e.